The Labute approximate surface area is 174 Å². The molecule has 0 aliphatic heterocycles. The molecule has 0 aliphatic rings. The Balaban J connectivity index is 0.00000625. The predicted molar refractivity (Wildman–Crippen MR) is 118 cm³/mol. The van der Waals surface area contributed by atoms with E-state index in [0.717, 1.165) is 5.56 Å². The normalized spacial score (nSPS) is 12.7. The Kier molecular flexibility index (Phi) is 12.2. The molecule has 1 aromatic rings. The number of hydrogen-bond donors (Lipinski definition) is 3. The zero-order chi connectivity index (χ0) is 18.7. The zero-order valence-corrected chi connectivity index (χ0v) is 18.8. The van der Waals surface area contributed by atoms with Crippen molar-refractivity contribution >= 4 is 35.8 Å². The summed E-state index contributed by atoms with van der Waals surface area (Å²) in [6, 6.07) is 9.87. The van der Waals surface area contributed by atoms with Gasteiger partial charge in [0.1, 0.15) is 0 Å². The number of halogens is 1. The largest absolute Gasteiger partial charge is 0.379 e. The van der Waals surface area contributed by atoms with Gasteiger partial charge in [-0.25, -0.2) is 0 Å². The van der Waals surface area contributed by atoms with Crippen LogP contribution in [0, 0.1) is 5.41 Å². The van der Waals surface area contributed by atoms with E-state index in [1.54, 1.807) is 14.2 Å². The molecule has 3 N–H and O–H groups in total. The van der Waals surface area contributed by atoms with Crippen molar-refractivity contribution in [1.29, 1.82) is 0 Å². The molecule has 1 atom stereocenters. The lowest BCUT2D eigenvalue weighted by molar-refractivity contribution is -0.121. The van der Waals surface area contributed by atoms with Crippen LogP contribution in [0.5, 0.6) is 0 Å². The van der Waals surface area contributed by atoms with Crippen LogP contribution in [-0.4, -0.2) is 45.2 Å². The maximum Gasteiger partial charge on any atom is 0.222 e. The number of rotatable bonds is 8. The van der Waals surface area contributed by atoms with E-state index in [9.17, 15) is 4.79 Å². The van der Waals surface area contributed by atoms with Crippen LogP contribution in [0.2, 0.25) is 0 Å². The molecule has 1 unspecified atom stereocenters. The third-order valence-corrected chi connectivity index (χ3v) is 3.91. The average molecular weight is 476 g/mol. The zero-order valence-electron chi connectivity index (χ0n) is 16.5. The number of carbonyl (C=O) groups excluding carboxylic acids is 1. The number of nitrogens with zero attached hydrogens (tertiary/aromatic N) is 1. The van der Waals surface area contributed by atoms with Crippen LogP contribution in [0.25, 0.3) is 0 Å². The van der Waals surface area contributed by atoms with Gasteiger partial charge < -0.3 is 20.7 Å². The molecule has 0 aliphatic carbocycles. The molecule has 1 rings (SSSR count). The smallest absolute Gasteiger partial charge is 0.222 e. The molecule has 7 heteroatoms. The molecule has 0 bridgehead atoms. The van der Waals surface area contributed by atoms with E-state index in [1.807, 2.05) is 30.3 Å². The van der Waals surface area contributed by atoms with Crippen molar-refractivity contribution in [1.82, 2.24) is 16.0 Å². The second-order valence-corrected chi connectivity index (χ2v) is 6.98. The van der Waals surface area contributed by atoms with Gasteiger partial charge in [0.05, 0.1) is 6.10 Å². The number of methoxy groups -OCH3 is 1. The van der Waals surface area contributed by atoms with Crippen LogP contribution in [0.4, 0.5) is 0 Å². The molecule has 0 fully saturated rings. The van der Waals surface area contributed by atoms with Crippen molar-refractivity contribution in [2.24, 2.45) is 10.4 Å². The first-order chi connectivity index (χ1) is 11.9. The van der Waals surface area contributed by atoms with Gasteiger partial charge in [0.2, 0.25) is 5.91 Å². The second kappa shape index (κ2) is 12.9. The summed E-state index contributed by atoms with van der Waals surface area (Å²) in [5, 5.41) is 9.30. The molecule has 0 aromatic heterocycles. The highest BCUT2D eigenvalue weighted by Crippen LogP contribution is 2.20. The second-order valence-electron chi connectivity index (χ2n) is 6.98. The number of ether oxygens (including phenoxy) is 1. The van der Waals surface area contributed by atoms with Gasteiger partial charge in [-0.1, -0.05) is 51.1 Å². The molecule has 1 aromatic carbocycles. The number of carbonyl (C=O) groups is 1. The van der Waals surface area contributed by atoms with Gasteiger partial charge in [0, 0.05) is 40.2 Å². The highest BCUT2D eigenvalue weighted by atomic mass is 127. The van der Waals surface area contributed by atoms with Gasteiger partial charge >= 0.3 is 0 Å². The lowest BCUT2D eigenvalue weighted by Crippen LogP contribution is -2.45. The van der Waals surface area contributed by atoms with E-state index in [2.05, 4.69) is 41.7 Å². The first-order valence-electron chi connectivity index (χ1n) is 8.64. The van der Waals surface area contributed by atoms with Gasteiger partial charge in [0.15, 0.2) is 5.96 Å². The minimum Gasteiger partial charge on any atom is -0.379 e. The summed E-state index contributed by atoms with van der Waals surface area (Å²) < 4.78 is 5.52. The number of aliphatic imine (C=N–C) groups is 1. The highest BCUT2D eigenvalue weighted by molar-refractivity contribution is 14.0. The number of hydrogen-bond acceptors (Lipinski definition) is 3. The number of nitrogens with one attached hydrogen (secondary N) is 3. The quantitative estimate of drug-likeness (QED) is 0.306. The third kappa shape index (κ3) is 9.96. The van der Waals surface area contributed by atoms with E-state index in [1.165, 1.54) is 0 Å². The van der Waals surface area contributed by atoms with Gasteiger partial charge in [-0.3, -0.25) is 9.79 Å². The minimum absolute atomic E-state index is 0. The molecule has 1 amide bonds. The summed E-state index contributed by atoms with van der Waals surface area (Å²) in [5.74, 6) is 0.679. The molecule has 148 valence electrons. The van der Waals surface area contributed by atoms with Crippen LogP contribution in [0.15, 0.2) is 35.3 Å². The lowest BCUT2D eigenvalue weighted by Gasteiger charge is -2.30. The molecular formula is C19H33IN4O2. The van der Waals surface area contributed by atoms with Gasteiger partial charge in [0.25, 0.3) is 0 Å². The summed E-state index contributed by atoms with van der Waals surface area (Å²) in [6.07, 6.45) is 0.459. The highest BCUT2D eigenvalue weighted by Gasteiger charge is 2.24. The van der Waals surface area contributed by atoms with Crippen molar-refractivity contribution in [3.05, 3.63) is 35.9 Å². The SMILES string of the molecule is CN=C(NCCC(=O)NCc1ccccc1)NCC(OC)C(C)(C)C.I. The number of amides is 1. The first-order valence-corrected chi connectivity index (χ1v) is 8.64. The molecule has 0 spiro atoms. The number of guanidine groups is 1. The Morgan fingerprint density at radius 3 is 2.35 bits per heavy atom. The van der Waals surface area contributed by atoms with E-state index >= 15 is 0 Å². The van der Waals surface area contributed by atoms with Crippen LogP contribution in [0.3, 0.4) is 0 Å². The summed E-state index contributed by atoms with van der Waals surface area (Å²) in [4.78, 5) is 16.1. The molecule has 6 nitrogen and oxygen atoms in total. The minimum atomic E-state index is 0. The Morgan fingerprint density at radius 1 is 1.15 bits per heavy atom. The first kappa shape index (κ1) is 24.7. The summed E-state index contributed by atoms with van der Waals surface area (Å²) in [6.45, 7) is 8.13. The van der Waals surface area contributed by atoms with Crippen molar-refractivity contribution in [3.8, 4) is 0 Å². The summed E-state index contributed by atoms with van der Waals surface area (Å²) in [5.41, 5.74) is 1.13. The van der Waals surface area contributed by atoms with E-state index in [0.29, 0.717) is 32.0 Å². The Morgan fingerprint density at radius 2 is 1.81 bits per heavy atom. The molecule has 0 saturated heterocycles. The summed E-state index contributed by atoms with van der Waals surface area (Å²) >= 11 is 0. The van der Waals surface area contributed by atoms with E-state index in [-0.39, 0.29) is 41.4 Å². The maximum absolute atomic E-state index is 11.9. The van der Waals surface area contributed by atoms with E-state index in [4.69, 9.17) is 4.74 Å². The standard InChI is InChI=1S/C19H32N4O2.HI/c1-19(2,3)16(25-5)14-23-18(20-4)21-12-11-17(24)22-13-15-9-7-6-8-10-15;/h6-10,16H,11-14H2,1-5H3,(H,22,24)(H2,20,21,23);1H. The topological polar surface area (TPSA) is 74.8 Å². The fourth-order valence-electron chi connectivity index (χ4n) is 2.33. The van der Waals surface area contributed by atoms with Crippen LogP contribution in [-0.2, 0) is 16.1 Å². The number of benzene rings is 1. The molecule has 0 saturated carbocycles. The Hall–Kier alpha value is -1.35. The van der Waals surface area contributed by atoms with Gasteiger partial charge in [-0.15, -0.1) is 24.0 Å². The summed E-state index contributed by atoms with van der Waals surface area (Å²) in [7, 11) is 3.43. The monoisotopic (exact) mass is 476 g/mol. The molecular weight excluding hydrogens is 443 g/mol. The predicted octanol–water partition coefficient (Wildman–Crippen LogP) is 2.54. The maximum atomic E-state index is 11.9. The van der Waals surface area contributed by atoms with Crippen LogP contribution in [0.1, 0.15) is 32.8 Å². The van der Waals surface area contributed by atoms with E-state index < -0.39 is 0 Å². The van der Waals surface area contributed by atoms with Crippen molar-refractivity contribution < 1.29 is 9.53 Å². The molecule has 0 radical (unpaired) electrons. The van der Waals surface area contributed by atoms with Crippen molar-refractivity contribution in [3.63, 3.8) is 0 Å². The Bertz CT molecular complexity index is 544. The van der Waals surface area contributed by atoms with Crippen molar-refractivity contribution in [2.75, 3.05) is 27.2 Å². The van der Waals surface area contributed by atoms with Gasteiger partial charge in [-0.2, -0.15) is 0 Å². The molecule has 26 heavy (non-hydrogen) atoms. The van der Waals surface area contributed by atoms with Gasteiger partial charge in [-0.05, 0) is 11.0 Å². The third-order valence-electron chi connectivity index (χ3n) is 3.91. The fourth-order valence-corrected chi connectivity index (χ4v) is 2.33. The van der Waals surface area contributed by atoms with Crippen LogP contribution < -0.4 is 16.0 Å². The lowest BCUT2D eigenvalue weighted by atomic mass is 9.89. The fraction of sp³-hybridized carbons (Fsp3) is 0.579. The van der Waals surface area contributed by atoms with Crippen molar-refractivity contribution in [2.45, 2.75) is 39.8 Å². The molecule has 0 heterocycles. The van der Waals surface area contributed by atoms with Crippen LogP contribution >= 0.6 is 24.0 Å². The average Bonchev–Trinajstić information content (AvgIpc) is 2.58.